The molecule has 0 aliphatic carbocycles. The molecular formula is C17H19N3. The maximum Gasteiger partial charge on any atom is 0.159 e. The zero-order chi connectivity index (χ0) is 14.3. The molecule has 102 valence electrons. The second-order valence-corrected chi connectivity index (χ2v) is 5.60. The number of benzene rings is 1. The second kappa shape index (κ2) is 4.75. The van der Waals surface area contributed by atoms with E-state index in [1.165, 1.54) is 16.5 Å². The van der Waals surface area contributed by atoms with Crippen LogP contribution in [-0.2, 0) is 7.05 Å². The van der Waals surface area contributed by atoms with Crippen molar-refractivity contribution in [2.75, 3.05) is 0 Å². The Hall–Kier alpha value is -2.16. The highest BCUT2D eigenvalue weighted by Crippen LogP contribution is 2.30. The molecule has 0 aliphatic rings. The van der Waals surface area contributed by atoms with Gasteiger partial charge in [0, 0.05) is 41.6 Å². The van der Waals surface area contributed by atoms with Crippen LogP contribution in [0.3, 0.4) is 0 Å². The van der Waals surface area contributed by atoms with E-state index in [0.717, 1.165) is 17.1 Å². The third-order valence-electron chi connectivity index (χ3n) is 3.70. The van der Waals surface area contributed by atoms with E-state index in [1.54, 1.807) is 0 Å². The minimum Gasteiger partial charge on any atom is -0.350 e. The van der Waals surface area contributed by atoms with E-state index in [1.807, 2.05) is 19.2 Å². The lowest BCUT2D eigenvalue weighted by atomic mass is 10.0. The van der Waals surface area contributed by atoms with Crippen LogP contribution < -0.4 is 0 Å². The minimum atomic E-state index is 0.507. The van der Waals surface area contributed by atoms with Gasteiger partial charge in [0.05, 0.1) is 0 Å². The highest BCUT2D eigenvalue weighted by atomic mass is 14.9. The van der Waals surface area contributed by atoms with Crippen LogP contribution in [0.4, 0.5) is 0 Å². The van der Waals surface area contributed by atoms with Gasteiger partial charge in [-0.05, 0) is 42.7 Å². The third-order valence-corrected chi connectivity index (χ3v) is 3.70. The summed E-state index contributed by atoms with van der Waals surface area (Å²) >= 11 is 0. The van der Waals surface area contributed by atoms with Crippen LogP contribution in [0.5, 0.6) is 0 Å². The molecule has 0 N–H and O–H groups in total. The summed E-state index contributed by atoms with van der Waals surface area (Å²) in [6.07, 6.45) is 4.03. The van der Waals surface area contributed by atoms with Gasteiger partial charge in [-0.2, -0.15) is 0 Å². The van der Waals surface area contributed by atoms with Crippen LogP contribution in [0.15, 0.2) is 36.7 Å². The molecule has 3 heteroatoms. The third kappa shape index (κ3) is 2.09. The molecular weight excluding hydrogens is 246 g/mol. The molecule has 2 heterocycles. The summed E-state index contributed by atoms with van der Waals surface area (Å²) in [7, 11) is 2.09. The van der Waals surface area contributed by atoms with E-state index in [0.29, 0.717) is 5.92 Å². The average Bonchev–Trinajstić information content (AvgIpc) is 2.76. The molecule has 3 aromatic rings. The van der Waals surface area contributed by atoms with Crippen molar-refractivity contribution in [2.24, 2.45) is 7.05 Å². The fraction of sp³-hybridized carbons (Fsp3) is 0.294. The molecule has 20 heavy (non-hydrogen) atoms. The lowest BCUT2D eigenvalue weighted by Gasteiger charge is -2.05. The lowest BCUT2D eigenvalue weighted by molar-refractivity contribution is 0.857. The normalized spacial score (nSPS) is 11.4. The van der Waals surface area contributed by atoms with Gasteiger partial charge in [0.2, 0.25) is 0 Å². The second-order valence-electron chi connectivity index (χ2n) is 5.60. The quantitative estimate of drug-likeness (QED) is 0.699. The zero-order valence-corrected chi connectivity index (χ0v) is 12.4. The first-order valence-corrected chi connectivity index (χ1v) is 6.95. The molecule has 2 aromatic heterocycles. The first-order valence-electron chi connectivity index (χ1n) is 6.95. The SMILES string of the molecule is Cc1ccnc(-c2ccc3c(c2)c(C(C)C)cn3C)n1. The van der Waals surface area contributed by atoms with Crippen LogP contribution in [0.2, 0.25) is 0 Å². The van der Waals surface area contributed by atoms with Crippen LogP contribution in [0, 0.1) is 6.92 Å². The molecule has 0 bridgehead atoms. The fourth-order valence-corrected chi connectivity index (χ4v) is 2.61. The van der Waals surface area contributed by atoms with Crippen molar-refractivity contribution in [2.45, 2.75) is 26.7 Å². The summed E-state index contributed by atoms with van der Waals surface area (Å²) in [5.41, 5.74) is 4.70. The first kappa shape index (κ1) is 12.9. The molecule has 0 unspecified atom stereocenters. The Morgan fingerprint density at radius 3 is 2.65 bits per heavy atom. The zero-order valence-electron chi connectivity index (χ0n) is 12.4. The van der Waals surface area contributed by atoms with Gasteiger partial charge in [-0.25, -0.2) is 9.97 Å². The van der Waals surface area contributed by atoms with Crippen LogP contribution >= 0.6 is 0 Å². The van der Waals surface area contributed by atoms with E-state index >= 15 is 0 Å². The maximum absolute atomic E-state index is 4.51. The van der Waals surface area contributed by atoms with Crippen molar-refractivity contribution >= 4 is 10.9 Å². The van der Waals surface area contributed by atoms with E-state index in [9.17, 15) is 0 Å². The minimum absolute atomic E-state index is 0.507. The molecule has 3 nitrogen and oxygen atoms in total. The number of hydrogen-bond donors (Lipinski definition) is 0. The Balaban J connectivity index is 2.22. The van der Waals surface area contributed by atoms with Crippen molar-refractivity contribution in [1.29, 1.82) is 0 Å². The Kier molecular flexibility index (Phi) is 3.05. The molecule has 0 radical (unpaired) electrons. The standard InChI is InChI=1S/C17H19N3/c1-11(2)15-10-20(4)16-6-5-13(9-14(15)16)17-18-8-7-12(3)19-17/h5-11H,1-4H3. The molecule has 0 aliphatic heterocycles. The molecule has 0 saturated heterocycles. The Labute approximate surface area is 119 Å². The summed E-state index contributed by atoms with van der Waals surface area (Å²) in [5, 5.41) is 1.30. The lowest BCUT2D eigenvalue weighted by Crippen LogP contribution is -1.91. The highest BCUT2D eigenvalue weighted by Gasteiger charge is 2.11. The Morgan fingerprint density at radius 2 is 1.95 bits per heavy atom. The molecule has 0 spiro atoms. The van der Waals surface area contributed by atoms with Crippen LogP contribution in [0.25, 0.3) is 22.3 Å². The van der Waals surface area contributed by atoms with Crippen molar-refractivity contribution in [3.8, 4) is 11.4 Å². The summed E-state index contributed by atoms with van der Waals surface area (Å²) in [5.74, 6) is 1.30. The number of rotatable bonds is 2. The van der Waals surface area contributed by atoms with Gasteiger partial charge < -0.3 is 4.57 Å². The Bertz CT molecular complexity index is 769. The predicted octanol–water partition coefficient (Wildman–Crippen LogP) is 4.07. The van der Waals surface area contributed by atoms with Crippen LogP contribution in [-0.4, -0.2) is 14.5 Å². The molecule has 1 aromatic carbocycles. The average molecular weight is 265 g/mol. The Morgan fingerprint density at radius 1 is 1.15 bits per heavy atom. The predicted molar refractivity (Wildman–Crippen MR) is 82.8 cm³/mol. The highest BCUT2D eigenvalue weighted by molar-refractivity contribution is 5.88. The first-order chi connectivity index (χ1) is 9.56. The van der Waals surface area contributed by atoms with E-state index in [2.05, 4.69) is 59.8 Å². The largest absolute Gasteiger partial charge is 0.350 e. The van der Waals surface area contributed by atoms with Gasteiger partial charge in [-0.3, -0.25) is 0 Å². The van der Waals surface area contributed by atoms with Gasteiger partial charge >= 0.3 is 0 Å². The fourth-order valence-electron chi connectivity index (χ4n) is 2.61. The number of nitrogens with zero attached hydrogens (tertiary/aromatic N) is 3. The van der Waals surface area contributed by atoms with E-state index in [-0.39, 0.29) is 0 Å². The maximum atomic E-state index is 4.51. The molecule has 0 atom stereocenters. The van der Waals surface area contributed by atoms with Gasteiger partial charge in [0.15, 0.2) is 5.82 Å². The molecule has 0 saturated carbocycles. The van der Waals surface area contributed by atoms with Gasteiger partial charge in [-0.15, -0.1) is 0 Å². The van der Waals surface area contributed by atoms with Crippen molar-refractivity contribution in [1.82, 2.24) is 14.5 Å². The molecule has 0 fully saturated rings. The van der Waals surface area contributed by atoms with Crippen molar-refractivity contribution < 1.29 is 0 Å². The van der Waals surface area contributed by atoms with E-state index in [4.69, 9.17) is 0 Å². The van der Waals surface area contributed by atoms with Gasteiger partial charge in [-0.1, -0.05) is 13.8 Å². The van der Waals surface area contributed by atoms with Crippen molar-refractivity contribution in [3.05, 3.63) is 47.9 Å². The molecule has 0 amide bonds. The molecule has 3 rings (SSSR count). The topological polar surface area (TPSA) is 30.7 Å². The number of aromatic nitrogens is 3. The number of aryl methyl sites for hydroxylation is 2. The number of fused-ring (bicyclic) bond motifs is 1. The van der Waals surface area contributed by atoms with Crippen LogP contribution in [0.1, 0.15) is 31.0 Å². The summed E-state index contributed by atoms with van der Waals surface area (Å²) in [6.45, 7) is 6.45. The van der Waals surface area contributed by atoms with E-state index < -0.39 is 0 Å². The smallest absolute Gasteiger partial charge is 0.159 e. The van der Waals surface area contributed by atoms with Gasteiger partial charge in [0.25, 0.3) is 0 Å². The summed E-state index contributed by atoms with van der Waals surface area (Å²) in [4.78, 5) is 8.89. The summed E-state index contributed by atoms with van der Waals surface area (Å²) < 4.78 is 2.19. The number of hydrogen-bond acceptors (Lipinski definition) is 2. The van der Waals surface area contributed by atoms with Crippen molar-refractivity contribution in [3.63, 3.8) is 0 Å². The monoisotopic (exact) mass is 265 g/mol. The van der Waals surface area contributed by atoms with Gasteiger partial charge in [0.1, 0.15) is 0 Å². The summed E-state index contributed by atoms with van der Waals surface area (Å²) in [6, 6.07) is 8.38.